The van der Waals surface area contributed by atoms with Gasteiger partial charge in [0.25, 0.3) is 5.91 Å². The first kappa shape index (κ1) is 14.0. The summed E-state index contributed by atoms with van der Waals surface area (Å²) in [5, 5.41) is 0. The predicted octanol–water partition coefficient (Wildman–Crippen LogP) is 0.572. The quantitative estimate of drug-likeness (QED) is 0.860. The van der Waals surface area contributed by atoms with Crippen molar-refractivity contribution >= 4 is 15.7 Å². The number of hydrogen-bond acceptors (Lipinski definition) is 4. The zero-order chi connectivity index (χ0) is 14.2. The summed E-state index contributed by atoms with van der Waals surface area (Å²) >= 11 is 0. The van der Waals surface area contributed by atoms with Crippen LogP contribution in [0.3, 0.4) is 0 Å². The number of carbonyl (C=O) groups excluding carboxylic acids is 1. The fraction of sp³-hybridized carbons (Fsp3) is 0.462. The van der Waals surface area contributed by atoms with Crippen LogP contribution in [0.5, 0.6) is 0 Å². The van der Waals surface area contributed by atoms with Crippen molar-refractivity contribution in [2.24, 2.45) is 5.73 Å². The molecule has 0 aromatic heterocycles. The average Bonchev–Trinajstić information content (AvgIpc) is 2.74. The van der Waals surface area contributed by atoms with Crippen molar-refractivity contribution in [3.63, 3.8) is 0 Å². The van der Waals surface area contributed by atoms with E-state index in [0.717, 1.165) is 12.7 Å². The van der Waals surface area contributed by atoms with E-state index in [1.807, 2.05) is 0 Å². The third-order valence-electron chi connectivity index (χ3n) is 3.35. The first-order chi connectivity index (χ1) is 8.79. The summed E-state index contributed by atoms with van der Waals surface area (Å²) in [5.41, 5.74) is 6.83. The number of hydrogen-bond donors (Lipinski definition) is 1. The summed E-state index contributed by atoms with van der Waals surface area (Å²) in [6, 6.07) is 4.80. The smallest absolute Gasteiger partial charge is 0.253 e. The van der Waals surface area contributed by atoms with Gasteiger partial charge >= 0.3 is 0 Å². The number of nitrogens with zero attached hydrogens (tertiary/aromatic N) is 1. The van der Waals surface area contributed by atoms with Crippen LogP contribution in [0.2, 0.25) is 0 Å². The van der Waals surface area contributed by atoms with E-state index < -0.39 is 9.84 Å². The van der Waals surface area contributed by atoms with Crippen molar-refractivity contribution in [3.05, 3.63) is 29.3 Å². The van der Waals surface area contributed by atoms with Crippen LogP contribution in [-0.2, 0) is 9.84 Å². The lowest BCUT2D eigenvalue weighted by Crippen LogP contribution is -2.32. The molecule has 2 N–H and O–H groups in total. The van der Waals surface area contributed by atoms with E-state index in [0.29, 0.717) is 24.2 Å². The van der Waals surface area contributed by atoms with Crippen LogP contribution < -0.4 is 5.73 Å². The molecule has 1 amide bonds. The van der Waals surface area contributed by atoms with E-state index in [9.17, 15) is 13.2 Å². The Bertz CT molecular complexity index is 610. The monoisotopic (exact) mass is 282 g/mol. The molecule has 2 rings (SSSR count). The van der Waals surface area contributed by atoms with Gasteiger partial charge in [-0.05, 0) is 31.0 Å². The highest BCUT2D eigenvalue weighted by atomic mass is 32.2. The standard InChI is InChI=1S/C13H18N2O3S/c1-9-3-4-10(7-12(9)19(2,17)18)13(16)15-6-5-11(14)8-15/h3-4,7,11H,5-6,8,14H2,1-2H3/t11-/m1/s1. The Labute approximate surface area is 113 Å². The summed E-state index contributed by atoms with van der Waals surface area (Å²) < 4.78 is 23.3. The van der Waals surface area contributed by atoms with E-state index >= 15 is 0 Å². The number of carbonyl (C=O) groups is 1. The third-order valence-corrected chi connectivity index (χ3v) is 4.59. The maximum atomic E-state index is 12.3. The topological polar surface area (TPSA) is 80.5 Å². The summed E-state index contributed by atoms with van der Waals surface area (Å²) in [6.45, 7) is 2.87. The average molecular weight is 282 g/mol. The van der Waals surface area contributed by atoms with Crippen molar-refractivity contribution in [1.82, 2.24) is 4.90 Å². The number of benzene rings is 1. The van der Waals surface area contributed by atoms with Crippen LogP contribution in [0.4, 0.5) is 0 Å². The number of likely N-dealkylation sites (tertiary alicyclic amines) is 1. The molecule has 0 radical (unpaired) electrons. The Kier molecular flexibility index (Phi) is 3.64. The van der Waals surface area contributed by atoms with Crippen LogP contribution in [0, 0.1) is 6.92 Å². The van der Waals surface area contributed by atoms with Gasteiger partial charge in [-0.25, -0.2) is 8.42 Å². The molecule has 1 aromatic rings. The van der Waals surface area contributed by atoms with Crippen LogP contribution in [0.25, 0.3) is 0 Å². The maximum Gasteiger partial charge on any atom is 0.253 e. The molecule has 1 heterocycles. The second-order valence-corrected chi connectivity index (χ2v) is 7.04. The maximum absolute atomic E-state index is 12.3. The summed E-state index contributed by atoms with van der Waals surface area (Å²) in [5.74, 6) is -0.155. The van der Waals surface area contributed by atoms with Crippen LogP contribution >= 0.6 is 0 Å². The van der Waals surface area contributed by atoms with Crippen molar-refractivity contribution in [2.45, 2.75) is 24.3 Å². The molecule has 0 spiro atoms. The van der Waals surface area contributed by atoms with E-state index in [1.165, 1.54) is 6.07 Å². The molecule has 0 saturated carbocycles. The molecule has 0 bridgehead atoms. The fourth-order valence-corrected chi connectivity index (χ4v) is 3.28. The molecule has 6 heteroatoms. The van der Waals surface area contributed by atoms with Crippen LogP contribution in [0.15, 0.2) is 23.1 Å². The first-order valence-electron chi connectivity index (χ1n) is 6.14. The zero-order valence-corrected chi connectivity index (χ0v) is 11.9. The van der Waals surface area contributed by atoms with Gasteiger partial charge in [0.2, 0.25) is 0 Å². The molecular formula is C13H18N2O3S. The summed E-state index contributed by atoms with van der Waals surface area (Å²) in [7, 11) is -3.32. The lowest BCUT2D eigenvalue weighted by Gasteiger charge is -2.16. The SMILES string of the molecule is Cc1ccc(C(=O)N2CC[C@@H](N)C2)cc1S(C)(=O)=O. The zero-order valence-electron chi connectivity index (χ0n) is 11.1. The Balaban J connectivity index is 2.34. The summed E-state index contributed by atoms with van der Waals surface area (Å²) in [6.07, 6.45) is 1.94. The van der Waals surface area contributed by atoms with Crippen molar-refractivity contribution in [3.8, 4) is 0 Å². The lowest BCUT2D eigenvalue weighted by atomic mass is 10.1. The van der Waals surface area contributed by atoms with Gasteiger partial charge < -0.3 is 10.6 Å². The van der Waals surface area contributed by atoms with E-state index in [4.69, 9.17) is 5.73 Å². The van der Waals surface area contributed by atoms with Gasteiger partial charge in [0.15, 0.2) is 9.84 Å². The van der Waals surface area contributed by atoms with E-state index in [1.54, 1.807) is 24.0 Å². The van der Waals surface area contributed by atoms with Gasteiger partial charge in [-0.15, -0.1) is 0 Å². The Morgan fingerprint density at radius 1 is 1.42 bits per heavy atom. The van der Waals surface area contributed by atoms with Gasteiger partial charge in [-0.1, -0.05) is 6.07 Å². The van der Waals surface area contributed by atoms with Crippen LogP contribution in [0.1, 0.15) is 22.3 Å². The van der Waals surface area contributed by atoms with E-state index in [-0.39, 0.29) is 16.8 Å². The Hall–Kier alpha value is -1.40. The third kappa shape index (κ3) is 2.96. The first-order valence-corrected chi connectivity index (χ1v) is 8.04. The molecule has 0 aliphatic carbocycles. The molecule has 1 saturated heterocycles. The van der Waals surface area contributed by atoms with Gasteiger partial charge in [0.05, 0.1) is 4.90 Å². The number of rotatable bonds is 2. The van der Waals surface area contributed by atoms with Gasteiger partial charge in [-0.3, -0.25) is 4.79 Å². The fourth-order valence-electron chi connectivity index (χ4n) is 2.29. The Morgan fingerprint density at radius 2 is 2.11 bits per heavy atom. The molecule has 5 nitrogen and oxygen atoms in total. The molecule has 1 fully saturated rings. The van der Waals surface area contributed by atoms with Crippen molar-refractivity contribution in [1.29, 1.82) is 0 Å². The summed E-state index contributed by atoms with van der Waals surface area (Å²) in [4.78, 5) is 14.1. The highest BCUT2D eigenvalue weighted by molar-refractivity contribution is 7.90. The van der Waals surface area contributed by atoms with Gasteiger partial charge in [-0.2, -0.15) is 0 Å². The van der Waals surface area contributed by atoms with Gasteiger partial charge in [0, 0.05) is 31.0 Å². The normalized spacial score (nSPS) is 19.7. The number of amides is 1. The minimum absolute atomic E-state index is 0.0174. The second-order valence-electron chi connectivity index (χ2n) is 5.05. The molecule has 1 atom stereocenters. The van der Waals surface area contributed by atoms with Crippen LogP contribution in [-0.4, -0.2) is 44.6 Å². The largest absolute Gasteiger partial charge is 0.337 e. The lowest BCUT2D eigenvalue weighted by molar-refractivity contribution is 0.0790. The molecule has 0 unspecified atom stereocenters. The highest BCUT2D eigenvalue weighted by Crippen LogP contribution is 2.19. The minimum atomic E-state index is -3.32. The van der Waals surface area contributed by atoms with Gasteiger partial charge in [0.1, 0.15) is 0 Å². The predicted molar refractivity (Wildman–Crippen MR) is 72.8 cm³/mol. The minimum Gasteiger partial charge on any atom is -0.337 e. The molecule has 1 aromatic carbocycles. The number of sulfone groups is 1. The van der Waals surface area contributed by atoms with Crippen molar-refractivity contribution < 1.29 is 13.2 Å². The highest BCUT2D eigenvalue weighted by Gasteiger charge is 2.25. The molecule has 1 aliphatic rings. The molecule has 1 aliphatic heterocycles. The molecule has 104 valence electrons. The number of aryl methyl sites for hydroxylation is 1. The second kappa shape index (κ2) is 4.94. The Morgan fingerprint density at radius 3 is 2.63 bits per heavy atom. The molecule has 19 heavy (non-hydrogen) atoms. The van der Waals surface area contributed by atoms with Crippen molar-refractivity contribution in [2.75, 3.05) is 19.3 Å². The number of nitrogens with two attached hydrogens (primary N) is 1. The van der Waals surface area contributed by atoms with E-state index in [2.05, 4.69) is 0 Å². The molecular weight excluding hydrogens is 264 g/mol.